The van der Waals surface area contributed by atoms with Crippen LogP contribution in [0.2, 0.25) is 0 Å². The van der Waals surface area contributed by atoms with Crippen molar-refractivity contribution < 1.29 is 4.74 Å². The number of nitrogen functional groups attached to an aromatic ring is 1. The summed E-state index contributed by atoms with van der Waals surface area (Å²) in [4.78, 5) is 18.2. The topological polar surface area (TPSA) is 90.0 Å². The SMILES string of the molecule is CCOc1nc(N)nc(N(C)Cc2cscn2)n1. The minimum atomic E-state index is 0.147. The summed E-state index contributed by atoms with van der Waals surface area (Å²) < 4.78 is 5.23. The molecule has 0 unspecified atom stereocenters. The second-order valence-corrected chi connectivity index (χ2v) is 4.26. The van der Waals surface area contributed by atoms with Crippen LogP contribution in [-0.2, 0) is 6.54 Å². The molecule has 0 spiro atoms. The van der Waals surface area contributed by atoms with Gasteiger partial charge in [-0.2, -0.15) is 15.0 Å². The first-order chi connectivity index (χ1) is 8.69. The molecule has 0 aliphatic carbocycles. The molecule has 0 atom stereocenters. The van der Waals surface area contributed by atoms with Gasteiger partial charge in [0, 0.05) is 12.4 Å². The summed E-state index contributed by atoms with van der Waals surface area (Å²) in [6.45, 7) is 2.95. The Morgan fingerprint density at radius 3 is 2.89 bits per heavy atom. The lowest BCUT2D eigenvalue weighted by Crippen LogP contribution is -2.20. The summed E-state index contributed by atoms with van der Waals surface area (Å²) in [6.07, 6.45) is 0. The summed E-state index contributed by atoms with van der Waals surface area (Å²) in [5, 5.41) is 1.98. The maximum absolute atomic E-state index is 5.62. The van der Waals surface area contributed by atoms with Crippen molar-refractivity contribution in [1.82, 2.24) is 19.9 Å². The highest BCUT2D eigenvalue weighted by Gasteiger charge is 2.10. The Morgan fingerprint density at radius 2 is 2.22 bits per heavy atom. The third kappa shape index (κ3) is 3.04. The van der Waals surface area contributed by atoms with Crippen LogP contribution >= 0.6 is 11.3 Å². The van der Waals surface area contributed by atoms with Gasteiger partial charge in [-0.1, -0.05) is 0 Å². The van der Waals surface area contributed by atoms with Crippen molar-refractivity contribution >= 4 is 23.2 Å². The van der Waals surface area contributed by atoms with Gasteiger partial charge < -0.3 is 15.4 Å². The summed E-state index contributed by atoms with van der Waals surface area (Å²) in [6, 6.07) is 0.241. The average molecular weight is 266 g/mol. The van der Waals surface area contributed by atoms with E-state index in [9.17, 15) is 0 Å². The van der Waals surface area contributed by atoms with Crippen LogP contribution in [0.4, 0.5) is 11.9 Å². The van der Waals surface area contributed by atoms with Crippen molar-refractivity contribution in [3.8, 4) is 6.01 Å². The fraction of sp³-hybridized carbons (Fsp3) is 0.400. The van der Waals surface area contributed by atoms with Crippen molar-refractivity contribution in [1.29, 1.82) is 0 Å². The molecule has 0 bridgehead atoms. The van der Waals surface area contributed by atoms with E-state index in [1.165, 1.54) is 0 Å². The molecule has 0 amide bonds. The summed E-state index contributed by atoms with van der Waals surface area (Å²) in [5.74, 6) is 0.618. The number of thiazole rings is 1. The molecule has 0 radical (unpaired) electrons. The Kier molecular flexibility index (Phi) is 3.88. The van der Waals surface area contributed by atoms with E-state index in [0.717, 1.165) is 5.69 Å². The smallest absolute Gasteiger partial charge is 0.323 e. The molecule has 7 nitrogen and oxygen atoms in total. The molecule has 0 aliphatic heterocycles. The van der Waals surface area contributed by atoms with Gasteiger partial charge >= 0.3 is 6.01 Å². The monoisotopic (exact) mass is 266 g/mol. The number of aromatic nitrogens is 4. The van der Waals surface area contributed by atoms with Gasteiger partial charge in [0.1, 0.15) is 0 Å². The van der Waals surface area contributed by atoms with E-state index in [-0.39, 0.29) is 12.0 Å². The van der Waals surface area contributed by atoms with Crippen LogP contribution in [0.15, 0.2) is 10.9 Å². The molecule has 2 rings (SSSR count). The van der Waals surface area contributed by atoms with Crippen LogP contribution in [0.3, 0.4) is 0 Å². The Bertz CT molecular complexity index is 503. The first-order valence-corrected chi connectivity index (χ1v) is 6.36. The van der Waals surface area contributed by atoms with Crippen LogP contribution in [-0.4, -0.2) is 33.6 Å². The van der Waals surface area contributed by atoms with E-state index in [1.807, 2.05) is 24.3 Å². The van der Waals surface area contributed by atoms with Gasteiger partial charge in [0.2, 0.25) is 11.9 Å². The molecule has 0 fully saturated rings. The lowest BCUT2D eigenvalue weighted by molar-refractivity contribution is 0.312. The van der Waals surface area contributed by atoms with Gasteiger partial charge in [-0.15, -0.1) is 11.3 Å². The molecule has 8 heteroatoms. The van der Waals surface area contributed by atoms with E-state index in [0.29, 0.717) is 19.1 Å². The van der Waals surface area contributed by atoms with Gasteiger partial charge in [-0.3, -0.25) is 0 Å². The molecule has 0 saturated carbocycles. The van der Waals surface area contributed by atoms with Crippen LogP contribution < -0.4 is 15.4 Å². The zero-order chi connectivity index (χ0) is 13.0. The van der Waals surface area contributed by atoms with E-state index in [1.54, 1.807) is 16.8 Å². The van der Waals surface area contributed by atoms with Crippen LogP contribution in [0, 0.1) is 0 Å². The summed E-state index contributed by atoms with van der Waals surface area (Å²) in [7, 11) is 1.86. The molecule has 0 aromatic carbocycles. The minimum Gasteiger partial charge on any atom is -0.464 e. The van der Waals surface area contributed by atoms with Crippen molar-refractivity contribution in [2.45, 2.75) is 13.5 Å². The molecular formula is C10H14N6OS. The molecule has 2 N–H and O–H groups in total. The van der Waals surface area contributed by atoms with Crippen molar-refractivity contribution in [2.75, 3.05) is 24.3 Å². The van der Waals surface area contributed by atoms with Crippen molar-refractivity contribution in [3.05, 3.63) is 16.6 Å². The number of hydrogen-bond acceptors (Lipinski definition) is 8. The van der Waals surface area contributed by atoms with Gasteiger partial charge in [-0.05, 0) is 6.92 Å². The molecule has 2 aromatic rings. The molecular weight excluding hydrogens is 252 g/mol. The highest BCUT2D eigenvalue weighted by atomic mass is 32.1. The molecule has 18 heavy (non-hydrogen) atoms. The van der Waals surface area contributed by atoms with Crippen LogP contribution in [0.25, 0.3) is 0 Å². The maximum atomic E-state index is 5.62. The third-order valence-corrected chi connectivity index (χ3v) is 2.75. The fourth-order valence-corrected chi connectivity index (χ4v) is 1.90. The second-order valence-electron chi connectivity index (χ2n) is 3.55. The average Bonchev–Trinajstić information content (AvgIpc) is 2.81. The van der Waals surface area contributed by atoms with Gasteiger partial charge in [0.05, 0.1) is 24.4 Å². The van der Waals surface area contributed by atoms with Crippen LogP contribution in [0.1, 0.15) is 12.6 Å². The molecule has 0 aliphatic rings. The Hall–Kier alpha value is -1.96. The Morgan fingerprint density at radius 1 is 1.39 bits per heavy atom. The lowest BCUT2D eigenvalue weighted by atomic mass is 10.4. The number of anilines is 2. The molecule has 0 saturated heterocycles. The highest BCUT2D eigenvalue weighted by Crippen LogP contribution is 2.14. The van der Waals surface area contributed by atoms with Gasteiger partial charge in [-0.25, -0.2) is 4.98 Å². The number of ether oxygens (including phenoxy) is 1. The summed E-state index contributed by atoms with van der Waals surface area (Å²) >= 11 is 1.55. The molecule has 2 aromatic heterocycles. The Balaban J connectivity index is 2.16. The zero-order valence-electron chi connectivity index (χ0n) is 10.2. The minimum absolute atomic E-state index is 0.147. The predicted octanol–water partition coefficient (Wildman–Crippen LogP) is 0.945. The summed E-state index contributed by atoms with van der Waals surface area (Å²) in [5.41, 5.74) is 8.36. The maximum Gasteiger partial charge on any atom is 0.323 e. The van der Waals surface area contributed by atoms with Gasteiger partial charge in [0.25, 0.3) is 0 Å². The van der Waals surface area contributed by atoms with E-state index in [2.05, 4.69) is 19.9 Å². The first kappa shape index (κ1) is 12.5. The quantitative estimate of drug-likeness (QED) is 0.861. The Labute approximate surface area is 109 Å². The first-order valence-electron chi connectivity index (χ1n) is 5.41. The van der Waals surface area contributed by atoms with E-state index in [4.69, 9.17) is 10.5 Å². The molecule has 2 heterocycles. The fourth-order valence-electron chi connectivity index (χ4n) is 1.35. The second kappa shape index (κ2) is 5.58. The number of rotatable bonds is 5. The molecule has 96 valence electrons. The highest BCUT2D eigenvalue weighted by molar-refractivity contribution is 7.07. The van der Waals surface area contributed by atoms with Crippen LogP contribution in [0.5, 0.6) is 6.01 Å². The zero-order valence-corrected chi connectivity index (χ0v) is 11.0. The largest absolute Gasteiger partial charge is 0.464 e. The predicted molar refractivity (Wildman–Crippen MR) is 69.6 cm³/mol. The standard InChI is InChI=1S/C10H14N6OS/c1-3-17-10-14-8(11)13-9(15-10)16(2)4-7-5-18-6-12-7/h5-6H,3-4H2,1-2H3,(H2,11,13,14,15). The van der Waals surface area contributed by atoms with E-state index >= 15 is 0 Å². The number of nitrogens with two attached hydrogens (primary N) is 1. The number of nitrogens with zero attached hydrogens (tertiary/aromatic N) is 5. The third-order valence-electron chi connectivity index (χ3n) is 2.12. The van der Waals surface area contributed by atoms with E-state index < -0.39 is 0 Å². The van der Waals surface area contributed by atoms with Crippen molar-refractivity contribution in [3.63, 3.8) is 0 Å². The lowest BCUT2D eigenvalue weighted by Gasteiger charge is -2.16. The van der Waals surface area contributed by atoms with Gasteiger partial charge in [0.15, 0.2) is 0 Å². The number of hydrogen-bond donors (Lipinski definition) is 1. The van der Waals surface area contributed by atoms with Crippen molar-refractivity contribution in [2.24, 2.45) is 0 Å². The normalized spacial score (nSPS) is 10.3.